The fourth-order valence-electron chi connectivity index (χ4n) is 5.45. The van der Waals surface area contributed by atoms with Crippen molar-refractivity contribution in [1.82, 2.24) is 9.88 Å². The van der Waals surface area contributed by atoms with Crippen LogP contribution in [0.1, 0.15) is 42.1 Å². The van der Waals surface area contributed by atoms with Crippen LogP contribution < -0.4 is 20.4 Å². The number of nitrogens with one attached hydrogen (secondary N) is 1. The molecule has 174 valence electrons. The van der Waals surface area contributed by atoms with Gasteiger partial charge in [-0.1, -0.05) is 0 Å². The van der Waals surface area contributed by atoms with Gasteiger partial charge in [0, 0.05) is 25.2 Å². The third kappa shape index (κ3) is 3.15. The lowest BCUT2D eigenvalue weighted by Gasteiger charge is -2.26. The quantitative estimate of drug-likeness (QED) is 0.648. The molecular weight excluding hydrogens is 429 g/mol. The lowest BCUT2D eigenvalue weighted by Crippen LogP contribution is -2.40. The van der Waals surface area contributed by atoms with Crippen LogP contribution >= 0.6 is 0 Å². The number of halogens is 1. The van der Waals surface area contributed by atoms with E-state index in [1.807, 2.05) is 4.90 Å². The Hall–Kier alpha value is -3.27. The van der Waals surface area contributed by atoms with E-state index in [0.717, 1.165) is 32.2 Å². The van der Waals surface area contributed by atoms with Crippen molar-refractivity contribution in [1.29, 1.82) is 0 Å². The Balaban J connectivity index is 1.89. The molecular formula is C23H26FN5O4. The average molecular weight is 455 g/mol. The largest absolute Gasteiger partial charge is 0.492 e. The van der Waals surface area contributed by atoms with Crippen LogP contribution in [0.3, 0.4) is 0 Å². The molecule has 1 saturated carbocycles. The summed E-state index contributed by atoms with van der Waals surface area (Å²) in [6.45, 7) is 9.17. The van der Waals surface area contributed by atoms with E-state index < -0.39 is 22.8 Å². The number of aliphatic imine (C=N–C) groups is 2. The van der Waals surface area contributed by atoms with Crippen LogP contribution in [0.2, 0.25) is 0 Å². The van der Waals surface area contributed by atoms with E-state index in [1.54, 1.807) is 4.57 Å². The number of piperidine rings is 1. The van der Waals surface area contributed by atoms with Gasteiger partial charge >= 0.3 is 5.97 Å². The van der Waals surface area contributed by atoms with E-state index >= 15 is 4.39 Å². The molecule has 0 spiro atoms. The minimum atomic E-state index is -1.45. The standard InChI is InChI=1S/C23H26FN5O4/c1-25-17-14-18(29(12-6-7-12)22(26-2)15(20(14)30)23(31)32)21(33-3)19(16(17)24)28-9-11-5-4-8-27-13(11)10-28/h11-13,27H,1-2,4-10H2,3H3,(H,31,32). The summed E-state index contributed by atoms with van der Waals surface area (Å²) in [5, 5.41) is 13.1. The zero-order valence-corrected chi connectivity index (χ0v) is 18.4. The summed E-state index contributed by atoms with van der Waals surface area (Å²) in [6, 6.07) is 0.142. The summed E-state index contributed by atoms with van der Waals surface area (Å²) in [5.41, 5.74) is -1.18. The monoisotopic (exact) mass is 455 g/mol. The number of hydrogen-bond donors (Lipinski definition) is 2. The predicted octanol–water partition coefficient (Wildman–Crippen LogP) is 3.03. The minimum Gasteiger partial charge on any atom is -0.492 e. The maximum Gasteiger partial charge on any atom is 0.343 e. The first kappa shape index (κ1) is 21.6. The van der Waals surface area contributed by atoms with Crippen LogP contribution in [0.4, 0.5) is 21.6 Å². The summed E-state index contributed by atoms with van der Waals surface area (Å²) in [5.74, 6) is -1.68. The van der Waals surface area contributed by atoms with E-state index in [2.05, 4.69) is 28.7 Å². The molecule has 1 aromatic carbocycles. The molecule has 0 bridgehead atoms. The molecule has 2 aromatic rings. The van der Waals surface area contributed by atoms with E-state index in [1.165, 1.54) is 7.11 Å². The van der Waals surface area contributed by atoms with Crippen molar-refractivity contribution in [3.63, 3.8) is 0 Å². The van der Waals surface area contributed by atoms with Gasteiger partial charge in [-0.15, -0.1) is 0 Å². The van der Waals surface area contributed by atoms with Crippen LogP contribution in [0.15, 0.2) is 14.8 Å². The van der Waals surface area contributed by atoms with Crippen molar-refractivity contribution in [3.05, 3.63) is 21.6 Å². The number of carboxylic acid groups (broad SMARTS) is 1. The Kier molecular flexibility index (Phi) is 5.19. The molecule has 9 nitrogen and oxygen atoms in total. The van der Waals surface area contributed by atoms with Gasteiger partial charge in [0.25, 0.3) is 0 Å². The topological polar surface area (TPSA) is 109 Å². The molecule has 2 saturated heterocycles. The second kappa shape index (κ2) is 7.95. The van der Waals surface area contributed by atoms with Gasteiger partial charge in [0.2, 0.25) is 5.43 Å². The van der Waals surface area contributed by atoms with Crippen LogP contribution in [-0.4, -0.2) is 61.9 Å². The summed E-state index contributed by atoms with van der Waals surface area (Å²) >= 11 is 0. The van der Waals surface area contributed by atoms with Gasteiger partial charge in [0.05, 0.1) is 12.5 Å². The fraction of sp³-hybridized carbons (Fsp3) is 0.478. The molecule has 10 heteroatoms. The molecule has 3 aliphatic rings. The van der Waals surface area contributed by atoms with E-state index in [9.17, 15) is 14.7 Å². The number of anilines is 1. The number of ether oxygens (including phenoxy) is 1. The highest BCUT2D eigenvalue weighted by molar-refractivity contribution is 6.06. The number of carbonyl (C=O) groups is 1. The summed E-state index contributed by atoms with van der Waals surface area (Å²) in [4.78, 5) is 35.1. The number of nitrogens with zero attached hydrogens (tertiary/aromatic N) is 4. The van der Waals surface area contributed by atoms with Crippen molar-refractivity contribution in [3.8, 4) is 5.75 Å². The van der Waals surface area contributed by atoms with Crippen molar-refractivity contribution in [2.45, 2.75) is 37.8 Å². The minimum absolute atomic E-state index is 0.0508. The number of hydrogen-bond acceptors (Lipinski definition) is 7. The van der Waals surface area contributed by atoms with Crippen LogP contribution in [0.5, 0.6) is 5.75 Å². The number of benzene rings is 1. The second-order valence-electron chi connectivity index (χ2n) is 8.89. The fourth-order valence-corrected chi connectivity index (χ4v) is 5.45. The lowest BCUT2D eigenvalue weighted by atomic mass is 9.94. The molecule has 2 N–H and O–H groups in total. The maximum atomic E-state index is 16.0. The third-order valence-electron chi connectivity index (χ3n) is 7.02. The maximum absolute atomic E-state index is 16.0. The summed E-state index contributed by atoms with van der Waals surface area (Å²) < 4.78 is 23.4. The van der Waals surface area contributed by atoms with E-state index in [0.29, 0.717) is 24.5 Å². The number of aromatic nitrogens is 1. The molecule has 3 heterocycles. The molecule has 3 fully saturated rings. The summed E-state index contributed by atoms with van der Waals surface area (Å²) in [6.07, 6.45) is 3.66. The van der Waals surface area contributed by atoms with Gasteiger partial charge < -0.3 is 24.6 Å². The first-order valence-electron chi connectivity index (χ1n) is 11.1. The van der Waals surface area contributed by atoms with Gasteiger partial charge in [0.15, 0.2) is 22.9 Å². The van der Waals surface area contributed by atoms with E-state index in [-0.39, 0.29) is 40.4 Å². The zero-order valence-electron chi connectivity index (χ0n) is 18.4. The van der Waals surface area contributed by atoms with Crippen molar-refractivity contribution in [2.24, 2.45) is 15.9 Å². The SMILES string of the molecule is C=Nc1c(F)c(N2CC3CCCNC3C2)c(OC)c2c1c(=O)c(C(=O)O)c(N=C)n2C1CC1. The molecule has 2 unspecified atom stereocenters. The van der Waals surface area contributed by atoms with Gasteiger partial charge in [-0.3, -0.25) is 9.79 Å². The summed E-state index contributed by atoms with van der Waals surface area (Å²) in [7, 11) is 1.42. The normalized spacial score (nSPS) is 22.3. The smallest absolute Gasteiger partial charge is 0.343 e. The zero-order chi connectivity index (χ0) is 23.4. The number of carboxylic acids is 1. The molecule has 0 amide bonds. The highest BCUT2D eigenvalue weighted by Crippen LogP contribution is 2.50. The van der Waals surface area contributed by atoms with Crippen LogP contribution in [0, 0.1) is 11.7 Å². The number of rotatable bonds is 6. The van der Waals surface area contributed by atoms with Gasteiger partial charge in [0.1, 0.15) is 16.9 Å². The third-order valence-corrected chi connectivity index (χ3v) is 7.02. The number of fused-ring (bicyclic) bond motifs is 2. The molecule has 2 atom stereocenters. The molecule has 1 aromatic heterocycles. The number of aromatic carboxylic acids is 1. The highest BCUT2D eigenvalue weighted by Gasteiger charge is 2.40. The van der Waals surface area contributed by atoms with E-state index in [4.69, 9.17) is 4.74 Å². The highest BCUT2D eigenvalue weighted by atomic mass is 19.1. The van der Waals surface area contributed by atoms with Crippen LogP contribution in [-0.2, 0) is 0 Å². The molecule has 0 radical (unpaired) electrons. The second-order valence-corrected chi connectivity index (χ2v) is 8.89. The van der Waals surface area contributed by atoms with Crippen molar-refractivity contribution >= 4 is 47.5 Å². The molecule has 2 aliphatic heterocycles. The predicted molar refractivity (Wildman–Crippen MR) is 125 cm³/mol. The number of methoxy groups -OCH3 is 1. The van der Waals surface area contributed by atoms with Crippen molar-refractivity contribution in [2.75, 3.05) is 31.6 Å². The Morgan fingerprint density at radius 2 is 2.00 bits per heavy atom. The molecule has 33 heavy (non-hydrogen) atoms. The molecule has 5 rings (SSSR count). The average Bonchev–Trinajstić information content (AvgIpc) is 3.55. The Labute approximate surface area is 189 Å². The van der Waals surface area contributed by atoms with Crippen molar-refractivity contribution < 1.29 is 19.0 Å². The first-order valence-corrected chi connectivity index (χ1v) is 11.1. The van der Waals surface area contributed by atoms with Gasteiger partial charge in [-0.2, -0.15) is 0 Å². The Bertz CT molecular complexity index is 1240. The van der Waals surface area contributed by atoms with Gasteiger partial charge in [-0.05, 0) is 51.6 Å². The Morgan fingerprint density at radius 1 is 1.24 bits per heavy atom. The molecule has 1 aliphatic carbocycles. The number of pyridine rings is 1. The lowest BCUT2D eigenvalue weighted by molar-refractivity contribution is 0.0696. The van der Waals surface area contributed by atoms with Gasteiger partial charge in [-0.25, -0.2) is 14.2 Å². The van der Waals surface area contributed by atoms with Crippen LogP contribution in [0.25, 0.3) is 10.9 Å². The first-order chi connectivity index (χ1) is 15.9. The Morgan fingerprint density at radius 3 is 2.58 bits per heavy atom.